The molecule has 2 rings (SSSR count). The maximum atomic E-state index is 8.58. The first-order valence-corrected chi connectivity index (χ1v) is 5.90. The van der Waals surface area contributed by atoms with Crippen molar-refractivity contribution in [2.75, 3.05) is 6.61 Å². The number of hydrogen-bond acceptors (Lipinski definition) is 2. The van der Waals surface area contributed by atoms with Crippen molar-refractivity contribution in [3.63, 3.8) is 0 Å². The molecule has 2 atom stereocenters. The van der Waals surface area contributed by atoms with Crippen molar-refractivity contribution < 1.29 is 9.84 Å². The molecule has 2 heteroatoms. The van der Waals surface area contributed by atoms with E-state index in [9.17, 15) is 0 Å². The van der Waals surface area contributed by atoms with E-state index < -0.39 is 0 Å². The molecule has 92 valence electrons. The molecule has 1 saturated heterocycles. The number of ether oxygens (including phenoxy) is 1. The molecule has 0 saturated carbocycles. The van der Waals surface area contributed by atoms with Gasteiger partial charge in [-0.05, 0) is 35.8 Å². The number of aliphatic hydroxyl groups excluding tert-OH is 1. The Morgan fingerprint density at radius 3 is 2.68 bits per heavy atom. The number of aliphatic hydroxyl groups is 1. The third-order valence-electron chi connectivity index (χ3n) is 2.34. The van der Waals surface area contributed by atoms with Gasteiger partial charge in [-0.25, -0.2) is 0 Å². The monoisotopic (exact) mass is 248 g/mol. The molecule has 1 aliphatic heterocycles. The fourth-order valence-electron chi connectivity index (χ4n) is 1.38. The van der Waals surface area contributed by atoms with Crippen molar-refractivity contribution in [3.05, 3.63) is 48.0 Å². The Labute approximate surface area is 113 Å². The third kappa shape index (κ3) is 4.74. The molecule has 1 aromatic carbocycles. The quantitative estimate of drug-likeness (QED) is 0.487. The van der Waals surface area contributed by atoms with Crippen LogP contribution in [0.4, 0.5) is 0 Å². The second-order valence-corrected chi connectivity index (χ2v) is 3.77. The minimum Gasteiger partial charge on any atom is -0.392 e. The van der Waals surface area contributed by atoms with Crippen LogP contribution in [-0.2, 0) is 4.74 Å². The summed E-state index contributed by atoms with van der Waals surface area (Å²) in [5.74, 6) is 16.6. The summed E-state index contributed by atoms with van der Waals surface area (Å²) < 4.78 is 5.22. The molecule has 0 amide bonds. The molecule has 1 N–H and O–H groups in total. The summed E-state index contributed by atoms with van der Waals surface area (Å²) in [5, 5.41) is 8.58. The van der Waals surface area contributed by atoms with Crippen LogP contribution in [0.2, 0.25) is 0 Å². The Hall–Kier alpha value is -2.44. The van der Waals surface area contributed by atoms with Crippen LogP contribution in [-0.4, -0.2) is 23.9 Å². The van der Waals surface area contributed by atoms with Gasteiger partial charge in [-0.1, -0.05) is 42.2 Å². The molecule has 1 heterocycles. The van der Waals surface area contributed by atoms with E-state index in [4.69, 9.17) is 9.84 Å². The van der Waals surface area contributed by atoms with E-state index in [0.29, 0.717) is 0 Å². The van der Waals surface area contributed by atoms with Crippen LogP contribution >= 0.6 is 0 Å². The Balaban J connectivity index is 1.81. The van der Waals surface area contributed by atoms with Crippen LogP contribution in [0.3, 0.4) is 0 Å². The number of rotatable bonds is 2. The van der Waals surface area contributed by atoms with Gasteiger partial charge in [0.1, 0.15) is 12.2 Å². The van der Waals surface area contributed by atoms with Gasteiger partial charge in [-0.15, -0.1) is 0 Å². The van der Waals surface area contributed by atoms with E-state index in [2.05, 4.69) is 35.5 Å². The maximum absolute atomic E-state index is 8.58. The van der Waals surface area contributed by atoms with E-state index in [1.165, 1.54) is 0 Å². The summed E-state index contributed by atoms with van der Waals surface area (Å²) in [4.78, 5) is 0. The summed E-state index contributed by atoms with van der Waals surface area (Å²) in [7, 11) is 0. The van der Waals surface area contributed by atoms with Crippen LogP contribution in [0, 0.1) is 35.5 Å². The van der Waals surface area contributed by atoms with E-state index in [-0.39, 0.29) is 18.8 Å². The van der Waals surface area contributed by atoms with Gasteiger partial charge in [-0.3, -0.25) is 0 Å². The molecule has 2 nitrogen and oxygen atoms in total. The second-order valence-electron chi connectivity index (χ2n) is 3.77. The third-order valence-corrected chi connectivity index (χ3v) is 2.34. The van der Waals surface area contributed by atoms with Crippen molar-refractivity contribution in [2.45, 2.75) is 12.2 Å². The summed E-state index contributed by atoms with van der Waals surface area (Å²) in [6.45, 7) is 0.0227. The highest BCUT2D eigenvalue weighted by Gasteiger charge is 2.34. The zero-order valence-corrected chi connectivity index (χ0v) is 10.3. The van der Waals surface area contributed by atoms with E-state index in [0.717, 1.165) is 5.56 Å². The molecule has 19 heavy (non-hydrogen) atoms. The Bertz CT molecular complexity index is 624. The lowest BCUT2D eigenvalue weighted by molar-refractivity contribution is 0.341. The predicted molar refractivity (Wildman–Crippen MR) is 73.8 cm³/mol. The molecule has 0 unspecified atom stereocenters. The standard InChI is InChI=1S/C17H12O2/c18-14-8-13-17-16(19-17)12-7-2-1-4-9-15-10-5-3-6-11-15/h3,5-6,8,10-11,13,16-18H,14H2/t16-,17-/m1/s1. The Morgan fingerprint density at radius 1 is 1.11 bits per heavy atom. The van der Waals surface area contributed by atoms with Crippen LogP contribution in [0.15, 0.2) is 42.5 Å². The van der Waals surface area contributed by atoms with Gasteiger partial charge >= 0.3 is 0 Å². The van der Waals surface area contributed by atoms with E-state index >= 15 is 0 Å². The highest BCUT2D eigenvalue weighted by molar-refractivity contribution is 5.43. The van der Waals surface area contributed by atoms with Crippen LogP contribution in [0.25, 0.3) is 0 Å². The summed E-state index contributed by atoms with van der Waals surface area (Å²) in [6.07, 6.45) is 3.33. The molecule has 1 aliphatic rings. The van der Waals surface area contributed by atoms with Gasteiger partial charge in [0.25, 0.3) is 0 Å². The zero-order valence-electron chi connectivity index (χ0n) is 10.3. The van der Waals surface area contributed by atoms with Crippen LogP contribution in [0.5, 0.6) is 0 Å². The second kappa shape index (κ2) is 7.10. The molecule has 0 radical (unpaired) electrons. The molecule has 0 aromatic heterocycles. The summed E-state index contributed by atoms with van der Waals surface area (Å²) in [5.41, 5.74) is 0.935. The summed E-state index contributed by atoms with van der Waals surface area (Å²) >= 11 is 0. The first kappa shape index (κ1) is 13.0. The first-order valence-electron chi connectivity index (χ1n) is 5.90. The average molecular weight is 248 g/mol. The van der Waals surface area contributed by atoms with Crippen LogP contribution in [0.1, 0.15) is 5.56 Å². The largest absolute Gasteiger partial charge is 0.392 e. The van der Waals surface area contributed by atoms with Gasteiger partial charge < -0.3 is 9.84 Å². The SMILES string of the molecule is OCC=C[C@H]1O[C@@H]1C#CC#CC#Cc1ccccc1. The molecule has 0 bridgehead atoms. The Morgan fingerprint density at radius 2 is 1.89 bits per heavy atom. The highest BCUT2D eigenvalue weighted by Crippen LogP contribution is 2.21. The normalized spacial score (nSPS) is 19.4. The topological polar surface area (TPSA) is 32.8 Å². The van der Waals surface area contributed by atoms with E-state index in [1.807, 2.05) is 30.3 Å². The van der Waals surface area contributed by atoms with Gasteiger partial charge in [0.2, 0.25) is 0 Å². The molecule has 0 spiro atoms. The van der Waals surface area contributed by atoms with E-state index in [1.54, 1.807) is 12.2 Å². The average Bonchev–Trinajstić information content (AvgIpc) is 3.20. The van der Waals surface area contributed by atoms with Gasteiger partial charge in [0, 0.05) is 5.56 Å². The van der Waals surface area contributed by atoms with Crippen molar-refractivity contribution in [3.8, 4) is 35.5 Å². The highest BCUT2D eigenvalue weighted by atomic mass is 16.6. The number of epoxide rings is 1. The maximum Gasteiger partial charge on any atom is 0.149 e. The minimum absolute atomic E-state index is 0.00291. The smallest absolute Gasteiger partial charge is 0.149 e. The lowest BCUT2D eigenvalue weighted by Crippen LogP contribution is -1.85. The first-order chi connectivity index (χ1) is 9.40. The molecular formula is C17H12O2. The predicted octanol–water partition coefficient (Wildman–Crippen LogP) is 1.36. The number of hydrogen-bond donors (Lipinski definition) is 1. The summed E-state index contributed by atoms with van der Waals surface area (Å²) in [6, 6.07) is 9.66. The fraction of sp³-hybridized carbons (Fsp3) is 0.176. The molecular weight excluding hydrogens is 236 g/mol. The van der Waals surface area contributed by atoms with Crippen LogP contribution < -0.4 is 0 Å². The van der Waals surface area contributed by atoms with Crippen molar-refractivity contribution in [2.24, 2.45) is 0 Å². The molecule has 1 fully saturated rings. The Kier molecular flexibility index (Phi) is 4.86. The van der Waals surface area contributed by atoms with Crippen molar-refractivity contribution in [1.82, 2.24) is 0 Å². The minimum atomic E-state index is -0.0980. The van der Waals surface area contributed by atoms with Gasteiger partial charge in [-0.2, -0.15) is 0 Å². The van der Waals surface area contributed by atoms with Crippen molar-refractivity contribution in [1.29, 1.82) is 0 Å². The molecule has 0 aliphatic carbocycles. The van der Waals surface area contributed by atoms with Crippen molar-refractivity contribution >= 4 is 0 Å². The molecule has 1 aromatic rings. The zero-order chi connectivity index (χ0) is 13.3. The lowest BCUT2D eigenvalue weighted by atomic mass is 10.2. The van der Waals surface area contributed by atoms with Gasteiger partial charge in [0.15, 0.2) is 0 Å². The number of benzene rings is 1. The fourth-order valence-corrected chi connectivity index (χ4v) is 1.38. The lowest BCUT2D eigenvalue weighted by Gasteiger charge is -1.83. The van der Waals surface area contributed by atoms with Gasteiger partial charge in [0.05, 0.1) is 6.61 Å².